The number of aryl methyl sites for hydroxylation is 1. The van der Waals surface area contributed by atoms with E-state index in [1.165, 1.54) is 17.4 Å². The van der Waals surface area contributed by atoms with Crippen LogP contribution in [0.4, 0.5) is 9.52 Å². The molecule has 0 fully saturated rings. The lowest BCUT2D eigenvalue weighted by atomic mass is 10.1. The Hall–Kier alpha value is -2.73. The van der Waals surface area contributed by atoms with E-state index < -0.39 is 0 Å². The lowest BCUT2D eigenvalue weighted by molar-refractivity contribution is 0.290. The Balaban J connectivity index is 1.67. The minimum absolute atomic E-state index is 0.237. The van der Waals surface area contributed by atoms with Crippen LogP contribution in [0.3, 0.4) is 0 Å². The highest BCUT2D eigenvalue weighted by Gasteiger charge is 2.04. The van der Waals surface area contributed by atoms with E-state index in [9.17, 15) is 4.39 Å². The summed E-state index contributed by atoms with van der Waals surface area (Å²) >= 11 is 1.50. The van der Waals surface area contributed by atoms with Gasteiger partial charge in [-0.1, -0.05) is 36.4 Å². The summed E-state index contributed by atoms with van der Waals surface area (Å²) in [6.07, 6.45) is 1.71. The first-order chi connectivity index (χ1) is 11.7. The Morgan fingerprint density at radius 1 is 1.21 bits per heavy atom. The lowest BCUT2D eigenvalue weighted by Crippen LogP contribution is -2.01. The van der Waals surface area contributed by atoms with Crippen molar-refractivity contribution in [3.05, 3.63) is 76.5 Å². The standard InChI is InChI=1S/C18H16FN3OS/c1-13-12-24-18(21-13)22-20-10-14-6-2-3-7-15(14)11-23-17-9-5-4-8-16(17)19/h2-10,12H,11H2,1H3,(H,21,22). The van der Waals surface area contributed by atoms with Gasteiger partial charge in [0.25, 0.3) is 0 Å². The molecule has 0 radical (unpaired) electrons. The molecular formula is C18H16FN3OS. The Morgan fingerprint density at radius 3 is 2.79 bits per heavy atom. The zero-order chi connectivity index (χ0) is 16.8. The molecule has 0 aliphatic carbocycles. The monoisotopic (exact) mass is 341 g/mol. The normalized spacial score (nSPS) is 10.9. The number of ether oxygens (including phenoxy) is 1. The number of halogens is 1. The van der Waals surface area contributed by atoms with Crippen LogP contribution in [-0.4, -0.2) is 11.2 Å². The lowest BCUT2D eigenvalue weighted by Gasteiger charge is -2.09. The second kappa shape index (κ2) is 7.70. The van der Waals surface area contributed by atoms with Gasteiger partial charge in [0.2, 0.25) is 5.13 Å². The number of nitrogens with one attached hydrogen (secondary N) is 1. The van der Waals surface area contributed by atoms with Gasteiger partial charge in [-0.25, -0.2) is 9.37 Å². The molecule has 0 unspecified atom stereocenters. The second-order valence-corrected chi connectivity index (χ2v) is 5.94. The van der Waals surface area contributed by atoms with Crippen LogP contribution < -0.4 is 10.2 Å². The molecular weight excluding hydrogens is 325 g/mol. The van der Waals surface area contributed by atoms with E-state index in [-0.39, 0.29) is 18.2 Å². The zero-order valence-electron chi connectivity index (χ0n) is 13.1. The topological polar surface area (TPSA) is 46.5 Å². The molecule has 3 aromatic rings. The molecule has 1 aromatic heterocycles. The van der Waals surface area contributed by atoms with Gasteiger partial charge < -0.3 is 4.74 Å². The molecule has 122 valence electrons. The molecule has 1 N–H and O–H groups in total. The smallest absolute Gasteiger partial charge is 0.203 e. The molecule has 2 aromatic carbocycles. The number of aromatic nitrogens is 1. The van der Waals surface area contributed by atoms with Gasteiger partial charge >= 0.3 is 0 Å². The summed E-state index contributed by atoms with van der Waals surface area (Å²) in [5.74, 6) is -0.134. The molecule has 0 aliphatic heterocycles. The maximum atomic E-state index is 13.6. The Labute approximate surface area is 143 Å². The Bertz CT molecular complexity index is 848. The number of hydrogen-bond acceptors (Lipinski definition) is 5. The van der Waals surface area contributed by atoms with Crippen molar-refractivity contribution in [2.75, 3.05) is 5.43 Å². The van der Waals surface area contributed by atoms with Gasteiger partial charge in [-0.2, -0.15) is 5.10 Å². The summed E-state index contributed by atoms with van der Waals surface area (Å²) in [7, 11) is 0. The molecule has 24 heavy (non-hydrogen) atoms. The number of anilines is 1. The molecule has 3 rings (SSSR count). The number of rotatable bonds is 6. The molecule has 0 bridgehead atoms. The Kier molecular flexibility index (Phi) is 5.18. The molecule has 4 nitrogen and oxygen atoms in total. The van der Waals surface area contributed by atoms with E-state index in [1.807, 2.05) is 36.6 Å². The summed E-state index contributed by atoms with van der Waals surface area (Å²) in [5.41, 5.74) is 5.67. The first-order valence-corrected chi connectivity index (χ1v) is 8.27. The van der Waals surface area contributed by atoms with E-state index in [2.05, 4.69) is 15.5 Å². The van der Waals surface area contributed by atoms with E-state index in [4.69, 9.17) is 4.74 Å². The van der Waals surface area contributed by atoms with Gasteiger partial charge in [0.05, 0.1) is 11.9 Å². The Morgan fingerprint density at radius 2 is 2.00 bits per heavy atom. The van der Waals surface area contributed by atoms with Crippen LogP contribution in [-0.2, 0) is 6.61 Å². The average molecular weight is 341 g/mol. The first-order valence-electron chi connectivity index (χ1n) is 7.39. The minimum atomic E-state index is -0.371. The van der Waals surface area contributed by atoms with Gasteiger partial charge in [-0.05, 0) is 24.6 Å². The fourth-order valence-electron chi connectivity index (χ4n) is 2.07. The molecule has 1 heterocycles. The highest BCUT2D eigenvalue weighted by molar-refractivity contribution is 7.13. The predicted molar refractivity (Wildman–Crippen MR) is 95.2 cm³/mol. The SMILES string of the molecule is Cc1csc(NN=Cc2ccccc2COc2ccccc2F)n1. The largest absolute Gasteiger partial charge is 0.486 e. The van der Waals surface area contributed by atoms with Crippen LogP contribution in [0.5, 0.6) is 5.75 Å². The molecule has 6 heteroatoms. The zero-order valence-corrected chi connectivity index (χ0v) is 13.9. The van der Waals surface area contributed by atoms with Crippen LogP contribution in [0.15, 0.2) is 59.0 Å². The van der Waals surface area contributed by atoms with Crippen molar-refractivity contribution in [3.63, 3.8) is 0 Å². The van der Waals surface area contributed by atoms with Crippen molar-refractivity contribution in [2.24, 2.45) is 5.10 Å². The van der Waals surface area contributed by atoms with Crippen LogP contribution in [0, 0.1) is 12.7 Å². The minimum Gasteiger partial charge on any atom is -0.486 e. The summed E-state index contributed by atoms with van der Waals surface area (Å²) in [6.45, 7) is 2.19. The maximum Gasteiger partial charge on any atom is 0.203 e. The van der Waals surface area contributed by atoms with Gasteiger partial charge in [-0.3, -0.25) is 5.43 Å². The third kappa shape index (κ3) is 4.17. The number of nitrogens with zero attached hydrogens (tertiary/aromatic N) is 2. The van der Waals surface area contributed by atoms with Gasteiger partial charge in [0, 0.05) is 10.9 Å². The average Bonchev–Trinajstić information content (AvgIpc) is 3.00. The van der Waals surface area contributed by atoms with Crippen LogP contribution in [0.25, 0.3) is 0 Å². The van der Waals surface area contributed by atoms with Gasteiger partial charge in [0.15, 0.2) is 11.6 Å². The third-order valence-electron chi connectivity index (χ3n) is 3.26. The third-order valence-corrected chi connectivity index (χ3v) is 4.12. The summed E-state index contributed by atoms with van der Waals surface area (Å²) in [5, 5.41) is 6.89. The first kappa shape index (κ1) is 16.1. The number of benzene rings is 2. The number of hydrogen-bond donors (Lipinski definition) is 1. The van der Waals surface area contributed by atoms with Crippen LogP contribution in [0.1, 0.15) is 16.8 Å². The molecule has 0 atom stereocenters. The molecule has 0 aliphatic rings. The van der Waals surface area contributed by atoms with Crippen molar-refractivity contribution in [1.82, 2.24) is 4.98 Å². The van der Waals surface area contributed by atoms with Crippen molar-refractivity contribution in [2.45, 2.75) is 13.5 Å². The van der Waals surface area contributed by atoms with E-state index in [0.29, 0.717) is 0 Å². The van der Waals surface area contributed by atoms with E-state index in [0.717, 1.165) is 22.0 Å². The molecule has 0 saturated carbocycles. The van der Waals surface area contributed by atoms with Crippen molar-refractivity contribution in [1.29, 1.82) is 0 Å². The summed E-state index contributed by atoms with van der Waals surface area (Å²) < 4.78 is 19.2. The van der Waals surface area contributed by atoms with Crippen molar-refractivity contribution >= 4 is 22.7 Å². The number of hydrazone groups is 1. The fourth-order valence-corrected chi connectivity index (χ4v) is 2.71. The molecule has 0 saturated heterocycles. The predicted octanol–water partition coefficient (Wildman–Crippen LogP) is 4.62. The molecule has 0 amide bonds. The van der Waals surface area contributed by atoms with Crippen molar-refractivity contribution < 1.29 is 9.13 Å². The summed E-state index contributed by atoms with van der Waals surface area (Å²) in [4.78, 5) is 4.28. The second-order valence-electron chi connectivity index (χ2n) is 5.08. The quantitative estimate of drug-likeness (QED) is 0.526. The van der Waals surface area contributed by atoms with Crippen LogP contribution in [0.2, 0.25) is 0 Å². The highest BCUT2D eigenvalue weighted by Crippen LogP contribution is 2.18. The maximum absolute atomic E-state index is 13.6. The van der Waals surface area contributed by atoms with Crippen molar-refractivity contribution in [3.8, 4) is 5.75 Å². The van der Waals surface area contributed by atoms with Crippen LogP contribution >= 0.6 is 11.3 Å². The number of para-hydroxylation sites is 1. The fraction of sp³-hybridized carbons (Fsp3) is 0.111. The van der Waals surface area contributed by atoms with E-state index >= 15 is 0 Å². The molecule has 0 spiro atoms. The highest BCUT2D eigenvalue weighted by atomic mass is 32.1. The summed E-state index contributed by atoms with van der Waals surface area (Å²) in [6, 6.07) is 14.0. The van der Waals surface area contributed by atoms with E-state index in [1.54, 1.807) is 24.4 Å². The number of thiazole rings is 1. The van der Waals surface area contributed by atoms with Gasteiger partial charge in [-0.15, -0.1) is 11.3 Å². The van der Waals surface area contributed by atoms with Gasteiger partial charge in [0.1, 0.15) is 6.61 Å².